The molecule has 7 nitrogen and oxygen atoms in total. The lowest BCUT2D eigenvalue weighted by Crippen LogP contribution is -2.21. The van der Waals surface area contributed by atoms with Gasteiger partial charge < -0.3 is 10.1 Å². The highest BCUT2D eigenvalue weighted by Gasteiger charge is 2.07. The number of anilines is 1. The fraction of sp³-hybridized carbons (Fsp3) is 0.176. The molecule has 2 rings (SSSR count). The van der Waals surface area contributed by atoms with E-state index in [2.05, 4.69) is 20.8 Å². The number of benzene rings is 1. The lowest BCUT2D eigenvalue weighted by Gasteiger charge is -2.06. The average molecular weight is 326 g/mol. The topological polar surface area (TPSA) is 92.7 Å². The first-order valence-corrected chi connectivity index (χ1v) is 7.26. The second kappa shape index (κ2) is 8.42. The Labute approximate surface area is 139 Å². The van der Waals surface area contributed by atoms with Gasteiger partial charge in [0.25, 0.3) is 5.91 Å². The van der Waals surface area contributed by atoms with E-state index in [0.29, 0.717) is 22.7 Å². The molecule has 124 valence electrons. The van der Waals surface area contributed by atoms with Gasteiger partial charge in [-0.05, 0) is 43.3 Å². The van der Waals surface area contributed by atoms with E-state index >= 15 is 0 Å². The highest BCUT2D eigenvalue weighted by Crippen LogP contribution is 2.15. The van der Waals surface area contributed by atoms with E-state index in [1.54, 1.807) is 56.6 Å². The SMILES string of the molecule is COc1ccc(NC(=O)CC(C)=NNC(=O)c2cccnc2)cc1. The predicted molar refractivity (Wildman–Crippen MR) is 91.1 cm³/mol. The summed E-state index contributed by atoms with van der Waals surface area (Å²) < 4.78 is 5.05. The maximum absolute atomic E-state index is 11.9. The quantitative estimate of drug-likeness (QED) is 0.629. The Kier molecular flexibility index (Phi) is 6.01. The monoisotopic (exact) mass is 326 g/mol. The molecule has 2 amide bonds. The Balaban J connectivity index is 1.85. The zero-order valence-electron chi connectivity index (χ0n) is 13.4. The summed E-state index contributed by atoms with van der Waals surface area (Å²) in [6, 6.07) is 10.3. The Morgan fingerprint density at radius 2 is 1.96 bits per heavy atom. The van der Waals surface area contributed by atoms with Crippen molar-refractivity contribution in [2.45, 2.75) is 13.3 Å². The molecule has 0 atom stereocenters. The molecule has 0 aliphatic carbocycles. The molecule has 1 aromatic heterocycles. The third-order valence-electron chi connectivity index (χ3n) is 3.06. The van der Waals surface area contributed by atoms with Crippen LogP contribution in [0.2, 0.25) is 0 Å². The number of rotatable bonds is 6. The summed E-state index contributed by atoms with van der Waals surface area (Å²) in [4.78, 5) is 27.6. The van der Waals surface area contributed by atoms with E-state index in [1.807, 2.05) is 0 Å². The van der Waals surface area contributed by atoms with Gasteiger partial charge in [0.05, 0.1) is 19.1 Å². The molecule has 0 unspecified atom stereocenters. The van der Waals surface area contributed by atoms with Crippen molar-refractivity contribution in [1.29, 1.82) is 0 Å². The second-order valence-corrected chi connectivity index (χ2v) is 4.98. The van der Waals surface area contributed by atoms with Crippen LogP contribution in [0.3, 0.4) is 0 Å². The van der Waals surface area contributed by atoms with Gasteiger partial charge in [0.1, 0.15) is 5.75 Å². The number of amides is 2. The number of nitrogens with zero attached hydrogens (tertiary/aromatic N) is 2. The minimum absolute atomic E-state index is 0.0688. The molecule has 0 radical (unpaired) electrons. The second-order valence-electron chi connectivity index (χ2n) is 4.98. The first kappa shape index (κ1) is 17.1. The minimum Gasteiger partial charge on any atom is -0.497 e. The van der Waals surface area contributed by atoms with Crippen LogP contribution in [0.5, 0.6) is 5.75 Å². The van der Waals surface area contributed by atoms with Crippen LogP contribution in [0, 0.1) is 0 Å². The zero-order valence-corrected chi connectivity index (χ0v) is 13.4. The largest absolute Gasteiger partial charge is 0.497 e. The fourth-order valence-electron chi connectivity index (χ4n) is 1.86. The van der Waals surface area contributed by atoms with Gasteiger partial charge in [0.2, 0.25) is 5.91 Å². The van der Waals surface area contributed by atoms with Crippen molar-refractivity contribution in [3.8, 4) is 5.75 Å². The van der Waals surface area contributed by atoms with E-state index < -0.39 is 0 Å². The summed E-state index contributed by atoms with van der Waals surface area (Å²) in [5.41, 5.74) is 3.94. The molecular formula is C17H18N4O3. The molecular weight excluding hydrogens is 308 g/mol. The zero-order chi connectivity index (χ0) is 17.4. The number of methoxy groups -OCH3 is 1. The first-order valence-electron chi connectivity index (χ1n) is 7.26. The number of pyridine rings is 1. The van der Waals surface area contributed by atoms with E-state index in [4.69, 9.17) is 4.74 Å². The molecule has 24 heavy (non-hydrogen) atoms. The molecule has 1 aromatic carbocycles. The molecule has 2 aromatic rings. The third kappa shape index (κ3) is 5.20. The molecule has 7 heteroatoms. The molecule has 0 bridgehead atoms. The highest BCUT2D eigenvalue weighted by atomic mass is 16.5. The average Bonchev–Trinajstić information content (AvgIpc) is 2.61. The third-order valence-corrected chi connectivity index (χ3v) is 3.06. The number of carbonyl (C=O) groups is 2. The summed E-state index contributed by atoms with van der Waals surface area (Å²) in [5.74, 6) is 0.110. The summed E-state index contributed by atoms with van der Waals surface area (Å²) >= 11 is 0. The number of hydrogen-bond acceptors (Lipinski definition) is 5. The van der Waals surface area contributed by atoms with Crippen molar-refractivity contribution in [3.05, 3.63) is 54.4 Å². The number of hydrazone groups is 1. The maximum Gasteiger partial charge on any atom is 0.272 e. The van der Waals surface area contributed by atoms with Gasteiger partial charge in [0, 0.05) is 23.8 Å². The first-order chi connectivity index (χ1) is 11.6. The van der Waals surface area contributed by atoms with Crippen LogP contribution in [0.25, 0.3) is 0 Å². The lowest BCUT2D eigenvalue weighted by molar-refractivity contribution is -0.115. The van der Waals surface area contributed by atoms with Gasteiger partial charge in [-0.2, -0.15) is 5.10 Å². The van der Waals surface area contributed by atoms with Crippen LogP contribution in [0.15, 0.2) is 53.9 Å². The van der Waals surface area contributed by atoms with Crippen LogP contribution in [-0.2, 0) is 4.79 Å². The standard InChI is InChI=1S/C17H18N4O3/c1-12(20-21-17(23)13-4-3-9-18-11-13)10-16(22)19-14-5-7-15(24-2)8-6-14/h3-9,11H,10H2,1-2H3,(H,19,22)(H,21,23). The van der Waals surface area contributed by atoms with Gasteiger partial charge in [-0.1, -0.05) is 0 Å². The van der Waals surface area contributed by atoms with E-state index in [9.17, 15) is 9.59 Å². The van der Waals surface area contributed by atoms with Crippen LogP contribution in [0.1, 0.15) is 23.7 Å². The number of ether oxygens (including phenoxy) is 1. The Morgan fingerprint density at radius 1 is 1.21 bits per heavy atom. The van der Waals surface area contributed by atoms with Crippen LogP contribution in [0.4, 0.5) is 5.69 Å². The fourth-order valence-corrected chi connectivity index (χ4v) is 1.86. The summed E-state index contributed by atoms with van der Waals surface area (Å²) in [6.07, 6.45) is 3.09. The Hall–Kier alpha value is -3.22. The summed E-state index contributed by atoms with van der Waals surface area (Å²) in [7, 11) is 1.58. The van der Waals surface area contributed by atoms with E-state index in [1.165, 1.54) is 6.20 Å². The minimum atomic E-state index is -0.377. The van der Waals surface area contributed by atoms with Crippen molar-refractivity contribution >= 4 is 23.2 Å². The molecule has 0 saturated carbocycles. The molecule has 0 fully saturated rings. The summed E-state index contributed by atoms with van der Waals surface area (Å²) in [6.45, 7) is 1.66. The van der Waals surface area contributed by atoms with Crippen molar-refractivity contribution in [2.75, 3.05) is 12.4 Å². The van der Waals surface area contributed by atoms with E-state index in [0.717, 1.165) is 0 Å². The maximum atomic E-state index is 11.9. The van der Waals surface area contributed by atoms with Crippen LogP contribution in [-0.4, -0.2) is 29.6 Å². The molecule has 0 spiro atoms. The van der Waals surface area contributed by atoms with Crippen LogP contribution < -0.4 is 15.5 Å². The van der Waals surface area contributed by atoms with Crippen molar-refractivity contribution in [1.82, 2.24) is 10.4 Å². The van der Waals surface area contributed by atoms with Gasteiger partial charge in [-0.25, -0.2) is 5.43 Å². The number of nitrogens with one attached hydrogen (secondary N) is 2. The summed E-state index contributed by atoms with van der Waals surface area (Å²) in [5, 5.41) is 6.66. The van der Waals surface area contributed by atoms with Gasteiger partial charge >= 0.3 is 0 Å². The smallest absolute Gasteiger partial charge is 0.272 e. The molecule has 0 aliphatic heterocycles. The van der Waals surface area contributed by atoms with Crippen LogP contribution >= 0.6 is 0 Å². The molecule has 2 N–H and O–H groups in total. The van der Waals surface area contributed by atoms with Crippen molar-refractivity contribution in [2.24, 2.45) is 5.10 Å². The van der Waals surface area contributed by atoms with Gasteiger partial charge in [-0.3, -0.25) is 14.6 Å². The number of hydrogen-bond donors (Lipinski definition) is 2. The number of carbonyl (C=O) groups excluding carboxylic acids is 2. The molecule has 0 saturated heterocycles. The Bertz CT molecular complexity index is 727. The van der Waals surface area contributed by atoms with Crippen molar-refractivity contribution in [3.63, 3.8) is 0 Å². The normalized spacial score (nSPS) is 10.8. The lowest BCUT2D eigenvalue weighted by atomic mass is 10.2. The van der Waals surface area contributed by atoms with Gasteiger partial charge in [0.15, 0.2) is 0 Å². The number of aromatic nitrogens is 1. The predicted octanol–water partition coefficient (Wildman–Crippen LogP) is 2.22. The highest BCUT2D eigenvalue weighted by molar-refractivity contribution is 6.06. The molecule has 1 heterocycles. The van der Waals surface area contributed by atoms with Crippen molar-refractivity contribution < 1.29 is 14.3 Å². The van der Waals surface area contributed by atoms with Gasteiger partial charge in [-0.15, -0.1) is 0 Å². The molecule has 0 aliphatic rings. The Morgan fingerprint density at radius 3 is 2.58 bits per heavy atom. The van der Waals surface area contributed by atoms with E-state index in [-0.39, 0.29) is 18.2 Å².